The fourth-order valence-corrected chi connectivity index (χ4v) is 1.78. The molecule has 0 heterocycles. The number of esters is 1. The van der Waals surface area contributed by atoms with Crippen LogP contribution < -0.4 is 0 Å². The van der Waals surface area contributed by atoms with Gasteiger partial charge in [-0.25, -0.2) is 4.79 Å². The molecule has 3 heteroatoms. The third-order valence-corrected chi connectivity index (χ3v) is 3.43. The molecule has 0 spiro atoms. The minimum absolute atomic E-state index is 0.291. The third-order valence-electron chi connectivity index (χ3n) is 3.43. The van der Waals surface area contributed by atoms with Gasteiger partial charge in [0.25, 0.3) is 0 Å². The first kappa shape index (κ1) is 16.2. The number of hydrogen-bond acceptors (Lipinski definition) is 2. The van der Waals surface area contributed by atoms with Gasteiger partial charge in [0.15, 0.2) is 0 Å². The third kappa shape index (κ3) is 5.87. The zero-order valence-corrected chi connectivity index (χ0v) is 11.8. The van der Waals surface area contributed by atoms with Crippen molar-refractivity contribution in [1.82, 2.24) is 0 Å². The van der Waals surface area contributed by atoms with E-state index in [-0.39, 0.29) is 5.97 Å². The smallest absolute Gasteiger partial charge is 0.333 e. The second kappa shape index (κ2) is 8.29. The average molecular weight is 241 g/mol. The highest BCUT2D eigenvalue weighted by molar-refractivity contribution is 5.86. The molecule has 0 fully saturated rings. The summed E-state index contributed by atoms with van der Waals surface area (Å²) in [4.78, 5) is 11.1. The second-order valence-corrected chi connectivity index (χ2v) is 4.47. The zero-order chi connectivity index (χ0) is 13.3. The van der Waals surface area contributed by atoms with Gasteiger partial charge in [-0.1, -0.05) is 6.58 Å². The summed E-state index contributed by atoms with van der Waals surface area (Å²) in [6.45, 7) is 16.8. The molecule has 0 bridgehead atoms. The molecule has 17 heavy (non-hydrogen) atoms. The van der Waals surface area contributed by atoms with E-state index in [1.165, 1.54) is 0 Å². The summed E-state index contributed by atoms with van der Waals surface area (Å²) in [5.41, 5.74) is 0.464. The Bertz CT molecular complexity index is 236. The molecular formula is C14H27NO2+. The van der Waals surface area contributed by atoms with E-state index < -0.39 is 0 Å². The minimum Gasteiger partial charge on any atom is -0.462 e. The molecule has 0 aliphatic rings. The maximum Gasteiger partial charge on any atom is 0.333 e. The Hall–Kier alpha value is -0.830. The van der Waals surface area contributed by atoms with Gasteiger partial charge in [-0.15, -0.1) is 0 Å². The molecule has 0 aliphatic carbocycles. The summed E-state index contributed by atoms with van der Waals surface area (Å²) in [5.74, 6) is -0.291. The van der Waals surface area contributed by atoms with Gasteiger partial charge in [-0.3, -0.25) is 0 Å². The van der Waals surface area contributed by atoms with E-state index >= 15 is 0 Å². The highest BCUT2D eigenvalue weighted by atomic mass is 16.5. The number of hydrogen-bond donors (Lipinski definition) is 0. The molecule has 0 aromatic rings. The molecule has 0 aliphatic heterocycles. The van der Waals surface area contributed by atoms with Gasteiger partial charge >= 0.3 is 5.97 Å². The van der Waals surface area contributed by atoms with Crippen molar-refractivity contribution in [2.45, 2.75) is 34.1 Å². The Morgan fingerprint density at radius 1 is 1.24 bits per heavy atom. The molecule has 0 saturated heterocycles. The van der Waals surface area contributed by atoms with Crippen LogP contribution >= 0.6 is 0 Å². The van der Waals surface area contributed by atoms with Crippen LogP contribution in [0.2, 0.25) is 0 Å². The molecule has 0 N–H and O–H groups in total. The van der Waals surface area contributed by atoms with Gasteiger partial charge < -0.3 is 9.22 Å². The van der Waals surface area contributed by atoms with Crippen LogP contribution in [0.25, 0.3) is 0 Å². The van der Waals surface area contributed by atoms with E-state index in [0.717, 1.165) is 37.1 Å². The normalized spacial score (nSPS) is 11.3. The number of quaternary nitrogens is 1. The first-order chi connectivity index (χ1) is 8.01. The van der Waals surface area contributed by atoms with Crippen molar-refractivity contribution in [2.24, 2.45) is 0 Å². The van der Waals surface area contributed by atoms with Gasteiger partial charge in [0, 0.05) is 12.0 Å². The molecule has 99 valence electrons. The molecular weight excluding hydrogens is 214 g/mol. The molecule has 3 nitrogen and oxygen atoms in total. The summed E-state index contributed by atoms with van der Waals surface area (Å²) in [5, 5.41) is 0. The number of nitrogens with zero attached hydrogens (tertiary/aromatic N) is 1. The quantitative estimate of drug-likeness (QED) is 0.268. The van der Waals surface area contributed by atoms with E-state index in [0.29, 0.717) is 12.2 Å². The van der Waals surface area contributed by atoms with E-state index in [9.17, 15) is 4.79 Å². The van der Waals surface area contributed by atoms with Crippen LogP contribution in [0.15, 0.2) is 12.2 Å². The van der Waals surface area contributed by atoms with Crippen LogP contribution in [0.5, 0.6) is 0 Å². The zero-order valence-electron chi connectivity index (χ0n) is 11.8. The Labute approximate surface area is 106 Å². The maximum atomic E-state index is 11.1. The van der Waals surface area contributed by atoms with Crippen LogP contribution in [0, 0.1) is 6.42 Å². The number of unbranched alkanes of at least 4 members (excludes halogenated alkanes) is 1. The highest BCUT2D eigenvalue weighted by Crippen LogP contribution is 2.08. The number of carbonyl (C=O) groups is 1. The molecule has 0 rings (SSSR count). The van der Waals surface area contributed by atoms with Crippen molar-refractivity contribution >= 4 is 5.97 Å². The lowest BCUT2D eigenvalue weighted by molar-refractivity contribution is -0.919. The predicted molar refractivity (Wildman–Crippen MR) is 71.4 cm³/mol. The van der Waals surface area contributed by atoms with Gasteiger partial charge in [-0.2, -0.15) is 0 Å². The predicted octanol–water partition coefficient (Wildman–Crippen LogP) is 2.58. The standard InChI is InChI=1S/C14H27NO2/c1-6-15(7-2,8-3)11-9-10-12-17-14(16)13(4)5/h9H,4,6-8,10-12H2,1-3,5H3/q+1. The highest BCUT2D eigenvalue weighted by Gasteiger charge is 2.19. The number of rotatable bonds is 9. The minimum atomic E-state index is -0.291. The maximum absolute atomic E-state index is 11.1. The van der Waals surface area contributed by atoms with Gasteiger partial charge in [0.1, 0.15) is 0 Å². The largest absolute Gasteiger partial charge is 0.462 e. The lowest BCUT2D eigenvalue weighted by Crippen LogP contribution is -2.48. The molecule has 0 aromatic heterocycles. The van der Waals surface area contributed by atoms with Crippen LogP contribution in [-0.2, 0) is 9.53 Å². The molecule has 0 amide bonds. The van der Waals surface area contributed by atoms with Gasteiger partial charge in [-0.05, 0) is 34.1 Å². The first-order valence-electron chi connectivity index (χ1n) is 6.50. The van der Waals surface area contributed by atoms with Crippen LogP contribution in [0.4, 0.5) is 0 Å². The monoisotopic (exact) mass is 241 g/mol. The number of carbonyl (C=O) groups excluding carboxylic acids is 1. The fourth-order valence-electron chi connectivity index (χ4n) is 1.78. The summed E-state index contributed by atoms with van der Waals surface area (Å²) in [6.07, 6.45) is 3.04. The molecule has 0 aromatic carbocycles. The topological polar surface area (TPSA) is 26.3 Å². The van der Waals surface area contributed by atoms with Crippen LogP contribution in [0.1, 0.15) is 34.1 Å². The summed E-state index contributed by atoms with van der Waals surface area (Å²) in [6, 6.07) is 0. The Kier molecular flexibility index (Phi) is 7.88. The van der Waals surface area contributed by atoms with E-state index in [1.807, 2.05) is 0 Å². The van der Waals surface area contributed by atoms with Crippen molar-refractivity contribution < 1.29 is 14.0 Å². The van der Waals surface area contributed by atoms with Crippen molar-refractivity contribution in [3.63, 3.8) is 0 Å². The second-order valence-electron chi connectivity index (χ2n) is 4.47. The van der Waals surface area contributed by atoms with Crippen molar-refractivity contribution in [2.75, 3.05) is 32.8 Å². The van der Waals surface area contributed by atoms with Crippen LogP contribution in [0.3, 0.4) is 0 Å². The van der Waals surface area contributed by atoms with Crippen molar-refractivity contribution in [3.8, 4) is 0 Å². The molecule has 0 atom stereocenters. The molecule has 0 saturated carbocycles. The number of ether oxygens (including phenoxy) is 1. The molecule has 1 radical (unpaired) electrons. The lowest BCUT2D eigenvalue weighted by Gasteiger charge is -2.35. The SMILES string of the molecule is C=C(C)C(=O)OCC[CH]C[N+](CC)(CC)CC. The van der Waals surface area contributed by atoms with Crippen LogP contribution in [-0.4, -0.2) is 43.2 Å². The summed E-state index contributed by atoms with van der Waals surface area (Å²) < 4.78 is 6.15. The van der Waals surface area contributed by atoms with Crippen molar-refractivity contribution in [1.29, 1.82) is 0 Å². The Balaban J connectivity index is 3.76. The Morgan fingerprint density at radius 2 is 1.76 bits per heavy atom. The summed E-state index contributed by atoms with van der Waals surface area (Å²) >= 11 is 0. The Morgan fingerprint density at radius 3 is 2.18 bits per heavy atom. The van der Waals surface area contributed by atoms with E-state index in [4.69, 9.17) is 4.74 Å². The van der Waals surface area contributed by atoms with E-state index in [2.05, 4.69) is 33.8 Å². The first-order valence-corrected chi connectivity index (χ1v) is 6.50. The fraction of sp³-hybridized carbons (Fsp3) is 0.714. The lowest BCUT2D eigenvalue weighted by atomic mass is 10.2. The van der Waals surface area contributed by atoms with E-state index in [1.54, 1.807) is 6.92 Å². The van der Waals surface area contributed by atoms with Crippen molar-refractivity contribution in [3.05, 3.63) is 18.6 Å². The van der Waals surface area contributed by atoms with Gasteiger partial charge in [0.05, 0.1) is 32.8 Å². The average Bonchev–Trinajstić information content (AvgIpc) is 2.34. The van der Waals surface area contributed by atoms with Gasteiger partial charge in [0.2, 0.25) is 0 Å². The summed E-state index contributed by atoms with van der Waals surface area (Å²) in [7, 11) is 0. The molecule has 0 unspecified atom stereocenters.